The van der Waals surface area contributed by atoms with Crippen LogP contribution in [0.5, 0.6) is 0 Å². The van der Waals surface area contributed by atoms with E-state index < -0.39 is 11.9 Å². The Morgan fingerprint density at radius 3 is 2.62 bits per heavy atom. The number of carbonyl (C=O) groups is 2. The van der Waals surface area contributed by atoms with Crippen LogP contribution in [0.1, 0.15) is 22.4 Å². The number of fused-ring (bicyclic) bond motifs is 1. The van der Waals surface area contributed by atoms with E-state index in [1.54, 1.807) is 24.3 Å². The van der Waals surface area contributed by atoms with Crippen molar-refractivity contribution in [1.82, 2.24) is 15.0 Å². The largest absolute Gasteiger partial charge is 0.340 e. The first-order valence-corrected chi connectivity index (χ1v) is 13.6. The third-order valence-corrected chi connectivity index (χ3v) is 8.25. The van der Waals surface area contributed by atoms with Gasteiger partial charge in [0, 0.05) is 34.4 Å². The summed E-state index contributed by atoms with van der Waals surface area (Å²) in [5.41, 5.74) is 7.19. The van der Waals surface area contributed by atoms with Gasteiger partial charge in [-0.1, -0.05) is 71.4 Å². The van der Waals surface area contributed by atoms with E-state index in [2.05, 4.69) is 21.4 Å². The molecule has 5 rings (SSSR count). The Morgan fingerprint density at radius 1 is 1.10 bits per heavy atom. The summed E-state index contributed by atoms with van der Waals surface area (Å²) in [5.74, 6) is -0.444. The standard InChI is InChI=1S/C28H19Cl2N5O2S2/c1-16-21(20-8-4-5-9-24(20)34(16)15-18-7-3-2-6-17(18)14-31)13-25-26(36)35(28(38)39-25)33-27(37)32-19-10-11-22(29)23(30)12-19/h2-13H,15H2,1H3,(H2,32,33,37)/b25-13-. The number of nitrogens with zero attached hydrogens (tertiary/aromatic N) is 3. The van der Waals surface area contributed by atoms with Crippen molar-refractivity contribution >= 4 is 86.1 Å². The van der Waals surface area contributed by atoms with Gasteiger partial charge in [0.15, 0.2) is 4.32 Å². The van der Waals surface area contributed by atoms with Gasteiger partial charge >= 0.3 is 6.03 Å². The Labute approximate surface area is 244 Å². The molecule has 2 heterocycles. The molecule has 4 aromatic rings. The van der Waals surface area contributed by atoms with Crippen LogP contribution in [-0.4, -0.2) is 25.8 Å². The highest BCUT2D eigenvalue weighted by atomic mass is 35.5. The molecule has 7 nitrogen and oxygen atoms in total. The Morgan fingerprint density at radius 2 is 1.85 bits per heavy atom. The molecule has 39 heavy (non-hydrogen) atoms. The van der Waals surface area contributed by atoms with E-state index in [4.69, 9.17) is 35.4 Å². The van der Waals surface area contributed by atoms with Gasteiger partial charge in [-0.05, 0) is 61.1 Å². The number of carbonyl (C=O) groups excluding carboxylic acids is 2. The van der Waals surface area contributed by atoms with Gasteiger partial charge in [0.25, 0.3) is 5.91 Å². The van der Waals surface area contributed by atoms with Crippen LogP contribution < -0.4 is 10.7 Å². The van der Waals surface area contributed by atoms with E-state index in [9.17, 15) is 14.9 Å². The highest BCUT2D eigenvalue weighted by Gasteiger charge is 2.34. The molecular formula is C28H19Cl2N5O2S2. The van der Waals surface area contributed by atoms with Crippen molar-refractivity contribution in [2.24, 2.45) is 0 Å². The Hall–Kier alpha value is -3.81. The minimum atomic E-state index is -0.658. The molecule has 1 aliphatic heterocycles. The second-order valence-electron chi connectivity index (χ2n) is 8.58. The van der Waals surface area contributed by atoms with Crippen LogP contribution in [0, 0.1) is 18.3 Å². The number of hydrogen-bond acceptors (Lipinski definition) is 5. The molecule has 0 unspecified atom stereocenters. The highest BCUT2D eigenvalue weighted by molar-refractivity contribution is 8.26. The average Bonchev–Trinajstić information content (AvgIpc) is 3.34. The van der Waals surface area contributed by atoms with Crippen LogP contribution in [-0.2, 0) is 11.3 Å². The van der Waals surface area contributed by atoms with Gasteiger partial charge in [0.05, 0.1) is 26.6 Å². The third kappa shape index (κ3) is 5.37. The van der Waals surface area contributed by atoms with Crippen molar-refractivity contribution in [2.45, 2.75) is 13.5 Å². The first-order valence-electron chi connectivity index (χ1n) is 11.6. The topological polar surface area (TPSA) is 90.2 Å². The number of anilines is 1. The lowest BCUT2D eigenvalue weighted by Gasteiger charge is -2.16. The smallest absolute Gasteiger partial charge is 0.338 e. The number of benzene rings is 3. The molecule has 0 radical (unpaired) electrons. The third-order valence-electron chi connectivity index (χ3n) is 6.21. The van der Waals surface area contributed by atoms with Gasteiger partial charge in [0.2, 0.25) is 0 Å². The molecule has 3 aromatic carbocycles. The molecule has 3 amide bonds. The Kier molecular flexibility index (Phi) is 7.64. The van der Waals surface area contributed by atoms with Crippen molar-refractivity contribution < 1.29 is 9.59 Å². The Balaban J connectivity index is 1.42. The maximum absolute atomic E-state index is 13.3. The van der Waals surface area contributed by atoms with Gasteiger partial charge in [0.1, 0.15) is 0 Å². The lowest BCUT2D eigenvalue weighted by molar-refractivity contribution is -0.123. The van der Waals surface area contributed by atoms with Crippen molar-refractivity contribution in [1.29, 1.82) is 5.26 Å². The van der Waals surface area contributed by atoms with E-state index in [0.29, 0.717) is 27.7 Å². The summed E-state index contributed by atoms with van der Waals surface area (Å²) in [5, 5.41) is 14.8. The summed E-state index contributed by atoms with van der Waals surface area (Å²) in [4.78, 5) is 26.2. The number of aromatic nitrogens is 1. The van der Waals surface area contributed by atoms with Crippen LogP contribution in [0.15, 0.2) is 71.6 Å². The zero-order valence-corrected chi connectivity index (χ0v) is 23.5. The first-order chi connectivity index (χ1) is 18.8. The fraction of sp³-hybridized carbons (Fsp3) is 0.0714. The number of thioether (sulfide) groups is 1. The number of halogens is 2. The number of rotatable bonds is 5. The molecule has 194 valence electrons. The number of nitriles is 1. The number of amides is 3. The summed E-state index contributed by atoms with van der Waals surface area (Å²) in [6.07, 6.45) is 1.79. The average molecular weight is 593 g/mol. The number of hydrazine groups is 1. The number of hydrogen-bond donors (Lipinski definition) is 2. The van der Waals surface area contributed by atoms with Gasteiger partial charge in [-0.15, -0.1) is 0 Å². The zero-order valence-electron chi connectivity index (χ0n) is 20.4. The molecule has 1 aromatic heterocycles. The molecule has 0 bridgehead atoms. The first kappa shape index (κ1) is 26.8. The molecule has 0 atom stereocenters. The van der Waals surface area contributed by atoms with E-state index in [1.807, 2.05) is 49.4 Å². The van der Waals surface area contributed by atoms with Gasteiger partial charge < -0.3 is 9.88 Å². The van der Waals surface area contributed by atoms with E-state index >= 15 is 0 Å². The minimum Gasteiger partial charge on any atom is -0.340 e. The molecule has 1 saturated heterocycles. The molecule has 11 heteroatoms. The van der Waals surface area contributed by atoms with E-state index in [1.165, 1.54) is 6.07 Å². The van der Waals surface area contributed by atoms with Crippen LogP contribution in [0.25, 0.3) is 17.0 Å². The molecule has 2 N–H and O–H groups in total. The van der Waals surface area contributed by atoms with Crippen molar-refractivity contribution in [3.63, 3.8) is 0 Å². The van der Waals surface area contributed by atoms with E-state index in [-0.39, 0.29) is 9.34 Å². The highest BCUT2D eigenvalue weighted by Crippen LogP contribution is 2.35. The number of nitrogens with one attached hydrogen (secondary N) is 2. The fourth-order valence-corrected chi connectivity index (χ4v) is 5.77. The fourth-order valence-electron chi connectivity index (χ4n) is 4.31. The lowest BCUT2D eigenvalue weighted by Crippen LogP contribution is -2.46. The molecule has 1 aliphatic rings. The van der Waals surface area contributed by atoms with E-state index in [0.717, 1.165) is 44.5 Å². The summed E-state index contributed by atoms with van der Waals surface area (Å²) >= 11 is 18.4. The van der Waals surface area contributed by atoms with Gasteiger partial charge in [-0.3, -0.25) is 4.79 Å². The zero-order chi connectivity index (χ0) is 27.7. The molecular weight excluding hydrogens is 573 g/mol. The summed E-state index contributed by atoms with van der Waals surface area (Å²) in [6, 6.07) is 21.6. The monoisotopic (exact) mass is 591 g/mol. The summed E-state index contributed by atoms with van der Waals surface area (Å²) < 4.78 is 2.32. The molecule has 0 saturated carbocycles. The second-order valence-corrected chi connectivity index (χ2v) is 11.1. The van der Waals surface area contributed by atoms with Crippen molar-refractivity contribution in [3.05, 3.63) is 104 Å². The number of urea groups is 1. The summed E-state index contributed by atoms with van der Waals surface area (Å²) in [7, 11) is 0. The Bertz CT molecular complexity index is 1740. The van der Waals surface area contributed by atoms with Crippen LogP contribution in [0.2, 0.25) is 10.0 Å². The summed E-state index contributed by atoms with van der Waals surface area (Å²) in [6.45, 7) is 2.48. The predicted octanol–water partition coefficient (Wildman–Crippen LogP) is 7.11. The SMILES string of the molecule is Cc1c(/C=C2\SC(=S)N(NC(=O)Nc3ccc(Cl)c(Cl)c3)C2=O)c2ccccc2n1Cc1ccccc1C#N. The predicted molar refractivity (Wildman–Crippen MR) is 161 cm³/mol. The normalized spacial score (nSPS) is 14.2. The quantitative estimate of drug-likeness (QED) is 0.190. The molecule has 0 spiro atoms. The van der Waals surface area contributed by atoms with Crippen molar-refractivity contribution in [3.8, 4) is 6.07 Å². The lowest BCUT2D eigenvalue weighted by atomic mass is 10.1. The number of thiocarbonyl (C=S) groups is 1. The molecule has 1 fully saturated rings. The van der Waals surface area contributed by atoms with Gasteiger partial charge in [-0.25, -0.2) is 10.2 Å². The molecule has 0 aliphatic carbocycles. The van der Waals surface area contributed by atoms with Crippen LogP contribution in [0.4, 0.5) is 10.5 Å². The maximum atomic E-state index is 13.3. The maximum Gasteiger partial charge on any atom is 0.338 e. The second kappa shape index (κ2) is 11.1. The van der Waals surface area contributed by atoms with Crippen LogP contribution >= 0.6 is 47.2 Å². The van der Waals surface area contributed by atoms with Crippen LogP contribution in [0.3, 0.4) is 0 Å². The van der Waals surface area contributed by atoms with Gasteiger partial charge in [-0.2, -0.15) is 10.3 Å². The minimum absolute atomic E-state index is 0.194. The van der Waals surface area contributed by atoms with Crippen molar-refractivity contribution in [2.75, 3.05) is 5.32 Å². The number of para-hydroxylation sites is 1.